The van der Waals surface area contributed by atoms with Crippen LogP contribution >= 0.6 is 0 Å². The first-order valence-electron chi connectivity index (χ1n) is 8.44. The summed E-state index contributed by atoms with van der Waals surface area (Å²) in [6.45, 7) is 3.08. The van der Waals surface area contributed by atoms with Crippen LogP contribution in [0.5, 0.6) is 0 Å². The van der Waals surface area contributed by atoms with E-state index in [1.807, 2.05) is 6.92 Å². The first-order chi connectivity index (χ1) is 10.2. The lowest BCUT2D eigenvalue weighted by molar-refractivity contribution is -0.143. The number of nitrogens with zero attached hydrogens (tertiary/aromatic N) is 1. The minimum absolute atomic E-state index is 0.0866. The normalized spacial score (nSPS) is 16.7. The Morgan fingerprint density at radius 3 is 2.62 bits per heavy atom. The molecular formula is C16H31N3O2. The Hall–Kier alpha value is -1.26. The predicted molar refractivity (Wildman–Crippen MR) is 86.2 cm³/mol. The molecule has 0 amide bonds. The molecule has 0 heterocycles. The molecule has 122 valence electrons. The van der Waals surface area contributed by atoms with Crippen LogP contribution in [0.3, 0.4) is 0 Å². The molecular weight excluding hydrogens is 266 g/mol. The molecule has 5 heteroatoms. The van der Waals surface area contributed by atoms with Crippen LogP contribution in [-0.2, 0) is 9.53 Å². The van der Waals surface area contributed by atoms with Crippen molar-refractivity contribution >= 4 is 11.9 Å². The largest absolute Gasteiger partial charge is 0.466 e. The molecule has 0 atom stereocenters. The number of hydrogen-bond acceptors (Lipinski definition) is 3. The second-order valence-corrected chi connectivity index (χ2v) is 5.72. The maximum Gasteiger partial charge on any atom is 0.305 e. The van der Waals surface area contributed by atoms with Gasteiger partial charge in [-0.1, -0.05) is 32.1 Å². The Balaban J connectivity index is 1.96. The van der Waals surface area contributed by atoms with E-state index in [0.29, 0.717) is 25.0 Å². The average Bonchev–Trinajstić information content (AvgIpc) is 2.47. The summed E-state index contributed by atoms with van der Waals surface area (Å²) in [6, 6.07) is 0.520. The van der Waals surface area contributed by atoms with E-state index >= 15 is 0 Å². The summed E-state index contributed by atoms with van der Waals surface area (Å²) in [5.41, 5.74) is 5.90. The van der Waals surface area contributed by atoms with Gasteiger partial charge in [0, 0.05) is 19.0 Å². The fraction of sp³-hybridized carbons (Fsp3) is 0.875. The molecule has 0 unspecified atom stereocenters. The average molecular weight is 297 g/mol. The number of esters is 1. The summed E-state index contributed by atoms with van der Waals surface area (Å²) < 4.78 is 4.89. The Labute approximate surface area is 128 Å². The van der Waals surface area contributed by atoms with Crippen molar-refractivity contribution in [3.8, 4) is 0 Å². The third-order valence-electron chi connectivity index (χ3n) is 3.83. The number of carbonyl (C=O) groups excluding carboxylic acids is 1. The molecule has 5 nitrogen and oxygen atoms in total. The van der Waals surface area contributed by atoms with Gasteiger partial charge in [-0.3, -0.25) is 9.79 Å². The number of hydrogen-bond donors (Lipinski definition) is 2. The summed E-state index contributed by atoms with van der Waals surface area (Å²) in [7, 11) is 0. The van der Waals surface area contributed by atoms with Gasteiger partial charge in [0.25, 0.3) is 0 Å². The quantitative estimate of drug-likeness (QED) is 0.297. The van der Waals surface area contributed by atoms with Crippen LogP contribution in [0.15, 0.2) is 4.99 Å². The van der Waals surface area contributed by atoms with E-state index < -0.39 is 0 Å². The highest BCUT2D eigenvalue weighted by molar-refractivity contribution is 5.78. The fourth-order valence-corrected chi connectivity index (χ4v) is 2.67. The minimum atomic E-state index is -0.0866. The Morgan fingerprint density at radius 2 is 1.90 bits per heavy atom. The number of guanidine groups is 1. The second kappa shape index (κ2) is 11.4. The molecule has 0 spiro atoms. The molecule has 0 aliphatic heterocycles. The van der Waals surface area contributed by atoms with Crippen molar-refractivity contribution < 1.29 is 9.53 Å². The molecule has 0 bridgehead atoms. The van der Waals surface area contributed by atoms with Crippen molar-refractivity contribution in [1.29, 1.82) is 0 Å². The highest BCUT2D eigenvalue weighted by Gasteiger charge is 2.12. The zero-order valence-electron chi connectivity index (χ0n) is 13.4. The summed E-state index contributed by atoms with van der Waals surface area (Å²) >= 11 is 0. The SMILES string of the molecule is CCOC(=O)CCCCCCN=C(N)NC1CCCCC1. The third-order valence-corrected chi connectivity index (χ3v) is 3.83. The first-order valence-corrected chi connectivity index (χ1v) is 8.44. The molecule has 0 aromatic rings. The van der Waals surface area contributed by atoms with Crippen LogP contribution in [0.2, 0.25) is 0 Å². The van der Waals surface area contributed by atoms with Crippen LogP contribution < -0.4 is 11.1 Å². The lowest BCUT2D eigenvalue weighted by Crippen LogP contribution is -2.41. The summed E-state index contributed by atoms with van der Waals surface area (Å²) in [5, 5.41) is 3.32. The standard InChI is InChI=1S/C16H31N3O2/c1-2-21-15(20)12-8-3-4-9-13-18-16(17)19-14-10-6-5-7-11-14/h14H,2-13H2,1H3,(H3,17,18,19). The summed E-state index contributed by atoms with van der Waals surface area (Å²) in [5.74, 6) is 0.505. The van der Waals surface area contributed by atoms with Crippen molar-refractivity contribution in [2.24, 2.45) is 10.7 Å². The monoisotopic (exact) mass is 297 g/mol. The molecule has 1 saturated carbocycles. The minimum Gasteiger partial charge on any atom is -0.466 e. The van der Waals surface area contributed by atoms with E-state index in [4.69, 9.17) is 10.5 Å². The topological polar surface area (TPSA) is 76.7 Å². The molecule has 3 N–H and O–H groups in total. The maximum atomic E-state index is 11.1. The molecule has 1 aliphatic carbocycles. The van der Waals surface area contributed by atoms with Crippen molar-refractivity contribution in [3.05, 3.63) is 0 Å². The van der Waals surface area contributed by atoms with E-state index in [1.54, 1.807) is 0 Å². The van der Waals surface area contributed by atoms with Crippen molar-refractivity contribution in [2.75, 3.05) is 13.2 Å². The van der Waals surface area contributed by atoms with Crippen LogP contribution in [0, 0.1) is 0 Å². The van der Waals surface area contributed by atoms with Gasteiger partial charge in [-0.15, -0.1) is 0 Å². The number of ether oxygens (including phenoxy) is 1. The smallest absolute Gasteiger partial charge is 0.305 e. The zero-order valence-corrected chi connectivity index (χ0v) is 13.4. The van der Waals surface area contributed by atoms with Crippen LogP contribution in [-0.4, -0.2) is 31.1 Å². The lowest BCUT2D eigenvalue weighted by Gasteiger charge is -2.23. The third kappa shape index (κ3) is 9.32. The maximum absolute atomic E-state index is 11.1. The summed E-state index contributed by atoms with van der Waals surface area (Å²) in [6.07, 6.45) is 11.0. The molecule has 21 heavy (non-hydrogen) atoms. The fourth-order valence-electron chi connectivity index (χ4n) is 2.67. The Bertz CT molecular complexity index is 313. The van der Waals surface area contributed by atoms with Crippen molar-refractivity contribution in [3.63, 3.8) is 0 Å². The first kappa shape index (κ1) is 17.8. The number of nitrogens with one attached hydrogen (secondary N) is 1. The number of aliphatic imine (C=N–C) groups is 1. The van der Waals surface area contributed by atoms with Crippen LogP contribution in [0.1, 0.15) is 71.1 Å². The molecule has 0 saturated heterocycles. The number of nitrogens with two attached hydrogens (primary N) is 1. The van der Waals surface area contributed by atoms with Gasteiger partial charge < -0.3 is 15.8 Å². The van der Waals surface area contributed by atoms with E-state index in [0.717, 1.165) is 32.2 Å². The van der Waals surface area contributed by atoms with E-state index in [-0.39, 0.29) is 5.97 Å². The van der Waals surface area contributed by atoms with Crippen molar-refractivity contribution in [2.45, 2.75) is 77.2 Å². The Morgan fingerprint density at radius 1 is 1.19 bits per heavy atom. The molecule has 1 fully saturated rings. The van der Waals surface area contributed by atoms with Gasteiger partial charge in [0.05, 0.1) is 6.61 Å². The van der Waals surface area contributed by atoms with Gasteiger partial charge >= 0.3 is 5.97 Å². The second-order valence-electron chi connectivity index (χ2n) is 5.72. The Kier molecular flexibility index (Phi) is 9.66. The van der Waals surface area contributed by atoms with E-state index in [1.165, 1.54) is 32.1 Å². The zero-order chi connectivity index (χ0) is 15.3. The number of rotatable bonds is 9. The van der Waals surface area contributed by atoms with Gasteiger partial charge in [0.1, 0.15) is 0 Å². The highest BCUT2D eigenvalue weighted by atomic mass is 16.5. The molecule has 0 aromatic carbocycles. The lowest BCUT2D eigenvalue weighted by atomic mass is 9.96. The van der Waals surface area contributed by atoms with Gasteiger partial charge in [-0.05, 0) is 32.6 Å². The molecule has 0 aromatic heterocycles. The van der Waals surface area contributed by atoms with E-state index in [2.05, 4.69) is 10.3 Å². The highest BCUT2D eigenvalue weighted by Crippen LogP contribution is 2.17. The predicted octanol–water partition coefficient (Wildman–Crippen LogP) is 2.74. The van der Waals surface area contributed by atoms with E-state index in [9.17, 15) is 4.79 Å². The molecule has 0 radical (unpaired) electrons. The summed E-state index contributed by atoms with van der Waals surface area (Å²) in [4.78, 5) is 15.5. The van der Waals surface area contributed by atoms with Gasteiger partial charge in [0.2, 0.25) is 0 Å². The van der Waals surface area contributed by atoms with Gasteiger partial charge in [-0.2, -0.15) is 0 Å². The van der Waals surface area contributed by atoms with Gasteiger partial charge in [0.15, 0.2) is 5.96 Å². The number of carbonyl (C=O) groups is 1. The van der Waals surface area contributed by atoms with Crippen LogP contribution in [0.4, 0.5) is 0 Å². The molecule has 1 rings (SSSR count). The molecule has 1 aliphatic rings. The van der Waals surface area contributed by atoms with Crippen molar-refractivity contribution in [1.82, 2.24) is 5.32 Å². The van der Waals surface area contributed by atoms with Gasteiger partial charge in [-0.25, -0.2) is 0 Å². The van der Waals surface area contributed by atoms with Crippen LogP contribution in [0.25, 0.3) is 0 Å². The number of unbranched alkanes of at least 4 members (excludes halogenated alkanes) is 3.